The van der Waals surface area contributed by atoms with Crippen molar-refractivity contribution in [3.05, 3.63) is 48.5 Å². The summed E-state index contributed by atoms with van der Waals surface area (Å²) >= 11 is 1.22. The number of methoxy groups -OCH3 is 1. The molecule has 0 aliphatic rings. The number of thioether (sulfide) groups is 1. The zero-order chi connectivity index (χ0) is 20.1. The summed E-state index contributed by atoms with van der Waals surface area (Å²) in [6, 6.07) is 15.0. The molecule has 3 N–H and O–H groups in total. The normalized spacial score (nSPS) is 10.5. The van der Waals surface area contributed by atoms with E-state index in [4.69, 9.17) is 10.6 Å². The van der Waals surface area contributed by atoms with Gasteiger partial charge in [-0.3, -0.25) is 4.79 Å². The molecule has 1 amide bonds. The molecule has 9 heteroatoms. The van der Waals surface area contributed by atoms with Crippen LogP contribution in [-0.2, 0) is 4.79 Å². The Balaban J connectivity index is 1.59. The third-order valence-electron chi connectivity index (χ3n) is 4.01. The maximum atomic E-state index is 12.2. The predicted octanol–water partition coefficient (Wildman–Crippen LogP) is 2.46. The molecule has 0 atom stereocenters. The molecule has 1 heterocycles. The molecule has 0 aliphatic carbocycles. The van der Waals surface area contributed by atoms with Gasteiger partial charge in [-0.05, 0) is 48.5 Å². The molecule has 28 heavy (non-hydrogen) atoms. The molecular formula is C19H22N6O2S. The largest absolute Gasteiger partial charge is 0.497 e. The van der Waals surface area contributed by atoms with Crippen LogP contribution in [-0.4, -0.2) is 47.7 Å². The van der Waals surface area contributed by atoms with Crippen LogP contribution in [0.3, 0.4) is 0 Å². The lowest BCUT2D eigenvalue weighted by Crippen LogP contribution is -2.16. The van der Waals surface area contributed by atoms with Crippen LogP contribution in [0, 0.1) is 0 Å². The molecule has 0 unspecified atom stereocenters. The monoisotopic (exact) mass is 398 g/mol. The van der Waals surface area contributed by atoms with Crippen molar-refractivity contribution in [1.82, 2.24) is 14.9 Å². The third kappa shape index (κ3) is 4.55. The van der Waals surface area contributed by atoms with Gasteiger partial charge in [0.05, 0.1) is 12.9 Å². The standard InChI is InChI=1S/C19H22N6O2S/c1-24(2)15-8-6-14(7-9-15)21-17(26)12-28-19-23-22-18(25(19)20)13-4-10-16(27-3)11-5-13/h4-11H,12,20H2,1-3H3,(H,21,26). The molecule has 0 fully saturated rings. The van der Waals surface area contributed by atoms with Gasteiger partial charge in [0.2, 0.25) is 11.1 Å². The molecular weight excluding hydrogens is 376 g/mol. The van der Waals surface area contributed by atoms with E-state index >= 15 is 0 Å². The van der Waals surface area contributed by atoms with Gasteiger partial charge < -0.3 is 20.8 Å². The van der Waals surface area contributed by atoms with E-state index in [2.05, 4.69) is 15.5 Å². The summed E-state index contributed by atoms with van der Waals surface area (Å²) in [4.78, 5) is 14.2. The number of nitrogens with zero attached hydrogens (tertiary/aromatic N) is 4. The first-order valence-electron chi connectivity index (χ1n) is 8.53. The van der Waals surface area contributed by atoms with E-state index in [0.29, 0.717) is 11.0 Å². The number of carbonyl (C=O) groups is 1. The van der Waals surface area contributed by atoms with E-state index in [0.717, 1.165) is 22.7 Å². The van der Waals surface area contributed by atoms with Gasteiger partial charge in [0.1, 0.15) is 5.75 Å². The number of hydrogen-bond donors (Lipinski definition) is 2. The molecule has 8 nitrogen and oxygen atoms in total. The average molecular weight is 398 g/mol. The van der Waals surface area contributed by atoms with Crippen molar-refractivity contribution in [2.24, 2.45) is 0 Å². The highest BCUT2D eigenvalue weighted by Gasteiger charge is 2.14. The van der Waals surface area contributed by atoms with Crippen LogP contribution in [0.4, 0.5) is 11.4 Å². The number of benzene rings is 2. The van der Waals surface area contributed by atoms with Gasteiger partial charge in [-0.2, -0.15) is 0 Å². The Labute approximate surface area is 167 Å². The lowest BCUT2D eigenvalue weighted by Gasteiger charge is -2.13. The molecule has 3 rings (SSSR count). The summed E-state index contributed by atoms with van der Waals surface area (Å²) in [6.07, 6.45) is 0. The van der Waals surface area contributed by atoms with Crippen LogP contribution in [0.5, 0.6) is 5.75 Å². The zero-order valence-corrected chi connectivity index (χ0v) is 16.7. The van der Waals surface area contributed by atoms with Crippen LogP contribution < -0.4 is 20.8 Å². The Kier molecular flexibility index (Phi) is 6.05. The quantitative estimate of drug-likeness (QED) is 0.466. The van der Waals surface area contributed by atoms with E-state index in [-0.39, 0.29) is 11.7 Å². The van der Waals surface area contributed by atoms with Crippen LogP contribution >= 0.6 is 11.8 Å². The number of hydrogen-bond acceptors (Lipinski definition) is 7. The van der Waals surface area contributed by atoms with Crippen molar-refractivity contribution in [2.75, 3.05) is 43.0 Å². The fourth-order valence-electron chi connectivity index (χ4n) is 2.48. The number of rotatable bonds is 7. The lowest BCUT2D eigenvalue weighted by molar-refractivity contribution is -0.113. The van der Waals surface area contributed by atoms with E-state index < -0.39 is 0 Å². The summed E-state index contributed by atoms with van der Waals surface area (Å²) in [5, 5.41) is 11.5. The number of aromatic nitrogens is 3. The van der Waals surface area contributed by atoms with Gasteiger partial charge in [0.15, 0.2) is 5.82 Å². The molecule has 0 spiro atoms. The van der Waals surface area contributed by atoms with Gasteiger partial charge in [-0.1, -0.05) is 11.8 Å². The summed E-state index contributed by atoms with van der Waals surface area (Å²) in [6.45, 7) is 0. The number of ether oxygens (including phenoxy) is 1. The number of nitrogen functional groups attached to an aromatic ring is 1. The van der Waals surface area contributed by atoms with Gasteiger partial charge in [0.25, 0.3) is 0 Å². The predicted molar refractivity (Wildman–Crippen MR) is 112 cm³/mol. The highest BCUT2D eigenvalue weighted by Crippen LogP contribution is 2.24. The van der Waals surface area contributed by atoms with Gasteiger partial charge in [-0.15, -0.1) is 10.2 Å². The van der Waals surface area contributed by atoms with Gasteiger partial charge >= 0.3 is 0 Å². The second-order valence-electron chi connectivity index (χ2n) is 6.18. The van der Waals surface area contributed by atoms with E-state index in [9.17, 15) is 4.79 Å². The van der Waals surface area contributed by atoms with E-state index in [1.165, 1.54) is 16.4 Å². The minimum atomic E-state index is -0.142. The second kappa shape index (κ2) is 8.66. The Morgan fingerprint density at radius 1 is 1.14 bits per heavy atom. The Bertz CT molecular complexity index is 938. The van der Waals surface area contributed by atoms with Crippen molar-refractivity contribution < 1.29 is 9.53 Å². The van der Waals surface area contributed by atoms with Gasteiger partial charge in [-0.25, -0.2) is 4.68 Å². The maximum Gasteiger partial charge on any atom is 0.234 e. The topological polar surface area (TPSA) is 98.3 Å². The first-order chi connectivity index (χ1) is 13.5. The SMILES string of the molecule is COc1ccc(-c2nnc(SCC(=O)Nc3ccc(N(C)C)cc3)n2N)cc1. The van der Waals surface area contributed by atoms with Crippen molar-refractivity contribution >= 4 is 29.0 Å². The van der Waals surface area contributed by atoms with Crippen molar-refractivity contribution in [3.8, 4) is 17.1 Å². The molecule has 0 aliphatic heterocycles. The molecule has 0 saturated carbocycles. The number of anilines is 2. The Morgan fingerprint density at radius 2 is 1.82 bits per heavy atom. The molecule has 0 saturated heterocycles. The summed E-state index contributed by atoms with van der Waals surface area (Å²) < 4.78 is 6.53. The Morgan fingerprint density at radius 3 is 2.43 bits per heavy atom. The first-order valence-corrected chi connectivity index (χ1v) is 9.51. The summed E-state index contributed by atoms with van der Waals surface area (Å²) in [5.41, 5.74) is 2.62. The van der Waals surface area contributed by atoms with Crippen LogP contribution in [0.1, 0.15) is 0 Å². The fourth-order valence-corrected chi connectivity index (χ4v) is 3.14. The Hall–Kier alpha value is -3.20. The molecule has 2 aromatic carbocycles. The number of carbonyl (C=O) groups excluding carboxylic acids is 1. The molecule has 3 aromatic rings. The highest BCUT2D eigenvalue weighted by atomic mass is 32.2. The number of nitrogens with one attached hydrogen (secondary N) is 1. The molecule has 0 bridgehead atoms. The smallest absolute Gasteiger partial charge is 0.234 e. The first kappa shape index (κ1) is 19.6. The fraction of sp³-hybridized carbons (Fsp3) is 0.211. The number of amides is 1. The molecule has 146 valence electrons. The minimum absolute atomic E-state index is 0.142. The number of nitrogens with two attached hydrogens (primary N) is 1. The van der Waals surface area contributed by atoms with E-state index in [1.807, 2.05) is 67.5 Å². The second-order valence-corrected chi connectivity index (χ2v) is 7.13. The van der Waals surface area contributed by atoms with Crippen LogP contribution in [0.15, 0.2) is 53.7 Å². The minimum Gasteiger partial charge on any atom is -0.497 e. The van der Waals surface area contributed by atoms with E-state index in [1.54, 1.807) is 7.11 Å². The van der Waals surface area contributed by atoms with Crippen LogP contribution in [0.2, 0.25) is 0 Å². The molecule has 1 aromatic heterocycles. The third-order valence-corrected chi connectivity index (χ3v) is 4.96. The van der Waals surface area contributed by atoms with Crippen LogP contribution in [0.25, 0.3) is 11.4 Å². The van der Waals surface area contributed by atoms with Gasteiger partial charge in [0, 0.05) is 31.0 Å². The van der Waals surface area contributed by atoms with Crippen molar-refractivity contribution in [2.45, 2.75) is 5.16 Å². The zero-order valence-electron chi connectivity index (χ0n) is 15.9. The molecule has 0 radical (unpaired) electrons. The maximum absolute atomic E-state index is 12.2. The van der Waals surface area contributed by atoms with Crippen molar-refractivity contribution in [3.63, 3.8) is 0 Å². The highest BCUT2D eigenvalue weighted by molar-refractivity contribution is 7.99. The summed E-state index contributed by atoms with van der Waals surface area (Å²) in [7, 11) is 5.54. The average Bonchev–Trinajstić information content (AvgIpc) is 3.07. The lowest BCUT2D eigenvalue weighted by atomic mass is 10.2. The van der Waals surface area contributed by atoms with Crippen molar-refractivity contribution in [1.29, 1.82) is 0 Å². The summed E-state index contributed by atoms with van der Waals surface area (Å²) in [5.74, 6) is 7.39.